The quantitative estimate of drug-likeness (QED) is 0.889. The number of hydrogen-bond acceptors (Lipinski definition) is 4. The zero-order chi connectivity index (χ0) is 13.1. The van der Waals surface area contributed by atoms with Crippen LogP contribution in [0.3, 0.4) is 0 Å². The van der Waals surface area contributed by atoms with Crippen LogP contribution in [0.5, 0.6) is 0 Å². The van der Waals surface area contributed by atoms with E-state index in [0.717, 1.165) is 32.0 Å². The molecule has 1 aliphatic heterocycles. The molecule has 1 aliphatic rings. The first-order chi connectivity index (χ1) is 9.34. The number of aryl methyl sites for hydroxylation is 1. The maximum atomic E-state index is 4.50. The number of hydrogen-bond donors (Lipinski definition) is 1. The molecule has 1 atom stereocenters. The van der Waals surface area contributed by atoms with E-state index in [0.29, 0.717) is 6.04 Å². The lowest BCUT2D eigenvalue weighted by Gasteiger charge is -2.35. The summed E-state index contributed by atoms with van der Waals surface area (Å²) in [7, 11) is 2.06. The first-order valence-corrected chi connectivity index (χ1v) is 6.65. The van der Waals surface area contributed by atoms with Crippen molar-refractivity contribution in [1.29, 1.82) is 0 Å². The Labute approximate surface area is 113 Å². The molecule has 2 aromatic rings. The van der Waals surface area contributed by atoms with Crippen LogP contribution in [0.15, 0.2) is 36.9 Å². The minimum atomic E-state index is 0.335. The Hall–Kier alpha value is -1.72. The molecule has 0 saturated carbocycles. The van der Waals surface area contributed by atoms with Crippen LogP contribution in [0.25, 0.3) is 0 Å². The van der Waals surface area contributed by atoms with E-state index >= 15 is 0 Å². The highest BCUT2D eigenvalue weighted by Gasteiger charge is 2.26. The fourth-order valence-electron chi connectivity index (χ4n) is 2.61. The summed E-state index contributed by atoms with van der Waals surface area (Å²) in [6, 6.07) is 4.50. The number of imidazole rings is 1. The minimum Gasteiger partial charge on any atom is -0.337 e. The Balaban J connectivity index is 1.80. The van der Waals surface area contributed by atoms with Crippen molar-refractivity contribution in [3.05, 3.63) is 48.3 Å². The van der Waals surface area contributed by atoms with Crippen LogP contribution in [-0.2, 0) is 13.6 Å². The molecule has 19 heavy (non-hydrogen) atoms. The van der Waals surface area contributed by atoms with Gasteiger partial charge in [0.15, 0.2) is 0 Å². The maximum absolute atomic E-state index is 4.50. The molecule has 5 heteroatoms. The van der Waals surface area contributed by atoms with Crippen LogP contribution in [0.1, 0.15) is 17.4 Å². The number of rotatable bonds is 3. The van der Waals surface area contributed by atoms with Crippen molar-refractivity contribution < 1.29 is 0 Å². The summed E-state index contributed by atoms with van der Waals surface area (Å²) in [4.78, 5) is 11.1. The van der Waals surface area contributed by atoms with Gasteiger partial charge in [-0.25, -0.2) is 4.98 Å². The van der Waals surface area contributed by atoms with Gasteiger partial charge in [-0.3, -0.25) is 9.88 Å². The molecule has 0 amide bonds. The Bertz CT molecular complexity index is 522. The monoisotopic (exact) mass is 257 g/mol. The van der Waals surface area contributed by atoms with Gasteiger partial charge in [0.25, 0.3) is 0 Å². The molecule has 0 radical (unpaired) electrons. The molecular weight excluding hydrogens is 238 g/mol. The highest BCUT2D eigenvalue weighted by atomic mass is 15.3. The number of pyridine rings is 1. The summed E-state index contributed by atoms with van der Waals surface area (Å²) in [5, 5.41) is 3.46. The van der Waals surface area contributed by atoms with E-state index in [9.17, 15) is 0 Å². The molecule has 5 nitrogen and oxygen atoms in total. The van der Waals surface area contributed by atoms with E-state index in [2.05, 4.69) is 43.9 Å². The van der Waals surface area contributed by atoms with Gasteiger partial charge in [-0.2, -0.15) is 0 Å². The standard InChI is InChI=1S/C14H19N5/c1-18-8-7-17-14(18)13-10-16-6-9-19(13)11-12-2-4-15-5-3-12/h2-5,7-8,13,16H,6,9-11H2,1H3. The highest BCUT2D eigenvalue weighted by molar-refractivity contribution is 5.11. The van der Waals surface area contributed by atoms with E-state index in [1.54, 1.807) is 0 Å². The van der Waals surface area contributed by atoms with Crippen LogP contribution in [0.2, 0.25) is 0 Å². The first-order valence-electron chi connectivity index (χ1n) is 6.65. The highest BCUT2D eigenvalue weighted by Crippen LogP contribution is 2.22. The number of nitrogens with zero attached hydrogens (tertiary/aromatic N) is 4. The Kier molecular flexibility index (Phi) is 3.57. The predicted octanol–water partition coefficient (Wildman–Crippen LogP) is 0.962. The second-order valence-corrected chi connectivity index (χ2v) is 4.94. The number of piperazine rings is 1. The Morgan fingerprint density at radius 3 is 2.89 bits per heavy atom. The molecule has 0 aliphatic carbocycles. The van der Waals surface area contributed by atoms with Crippen LogP contribution < -0.4 is 5.32 Å². The average Bonchev–Trinajstić information content (AvgIpc) is 2.87. The summed E-state index contributed by atoms with van der Waals surface area (Å²) >= 11 is 0. The van der Waals surface area contributed by atoms with Crippen molar-refractivity contribution in [2.75, 3.05) is 19.6 Å². The van der Waals surface area contributed by atoms with Crippen molar-refractivity contribution in [2.24, 2.45) is 7.05 Å². The van der Waals surface area contributed by atoms with E-state index in [-0.39, 0.29) is 0 Å². The Morgan fingerprint density at radius 2 is 2.16 bits per heavy atom. The lowest BCUT2D eigenvalue weighted by molar-refractivity contribution is 0.144. The van der Waals surface area contributed by atoms with E-state index in [1.165, 1.54) is 5.56 Å². The summed E-state index contributed by atoms with van der Waals surface area (Å²) in [6.45, 7) is 3.98. The van der Waals surface area contributed by atoms with Crippen LogP contribution in [0, 0.1) is 0 Å². The molecule has 1 unspecified atom stereocenters. The van der Waals surface area contributed by atoms with E-state index < -0.39 is 0 Å². The smallest absolute Gasteiger partial charge is 0.127 e. The van der Waals surface area contributed by atoms with Gasteiger partial charge in [0.1, 0.15) is 5.82 Å². The van der Waals surface area contributed by atoms with Crippen molar-refractivity contribution in [3.63, 3.8) is 0 Å². The average molecular weight is 257 g/mol. The molecule has 100 valence electrons. The van der Waals surface area contributed by atoms with Gasteiger partial charge in [0.05, 0.1) is 6.04 Å². The number of aromatic nitrogens is 3. The lowest BCUT2D eigenvalue weighted by atomic mass is 10.1. The van der Waals surface area contributed by atoms with Crippen LogP contribution in [-0.4, -0.2) is 39.1 Å². The molecule has 1 saturated heterocycles. The molecule has 3 heterocycles. The molecule has 1 fully saturated rings. The van der Waals surface area contributed by atoms with Crippen LogP contribution in [0.4, 0.5) is 0 Å². The molecule has 1 N–H and O–H groups in total. The SMILES string of the molecule is Cn1ccnc1C1CNCCN1Cc1ccncc1. The summed E-state index contributed by atoms with van der Waals surface area (Å²) in [5.41, 5.74) is 1.30. The van der Waals surface area contributed by atoms with Gasteiger partial charge in [-0.15, -0.1) is 0 Å². The molecule has 3 rings (SSSR count). The zero-order valence-corrected chi connectivity index (χ0v) is 11.2. The summed E-state index contributed by atoms with van der Waals surface area (Å²) < 4.78 is 2.11. The van der Waals surface area contributed by atoms with Crippen molar-refractivity contribution in [1.82, 2.24) is 24.8 Å². The first kappa shape index (κ1) is 12.3. The van der Waals surface area contributed by atoms with Gasteiger partial charge in [0, 0.05) is 58.0 Å². The molecular formula is C14H19N5. The normalized spacial score (nSPS) is 20.6. The third-order valence-corrected chi connectivity index (χ3v) is 3.65. The Morgan fingerprint density at radius 1 is 1.32 bits per heavy atom. The molecule has 0 spiro atoms. The van der Waals surface area contributed by atoms with Crippen molar-refractivity contribution in [3.8, 4) is 0 Å². The predicted molar refractivity (Wildman–Crippen MR) is 73.5 cm³/mol. The summed E-state index contributed by atoms with van der Waals surface area (Å²) in [5.74, 6) is 1.13. The van der Waals surface area contributed by atoms with E-state index in [4.69, 9.17) is 0 Å². The van der Waals surface area contributed by atoms with Gasteiger partial charge in [-0.1, -0.05) is 0 Å². The van der Waals surface area contributed by atoms with Crippen molar-refractivity contribution in [2.45, 2.75) is 12.6 Å². The van der Waals surface area contributed by atoms with E-state index in [1.807, 2.05) is 24.8 Å². The summed E-state index contributed by atoms with van der Waals surface area (Å²) in [6.07, 6.45) is 7.59. The maximum Gasteiger partial charge on any atom is 0.127 e. The van der Waals surface area contributed by atoms with Crippen molar-refractivity contribution >= 4 is 0 Å². The minimum absolute atomic E-state index is 0.335. The molecule has 0 aromatic carbocycles. The second-order valence-electron chi connectivity index (χ2n) is 4.94. The fraction of sp³-hybridized carbons (Fsp3) is 0.429. The fourth-order valence-corrected chi connectivity index (χ4v) is 2.61. The van der Waals surface area contributed by atoms with Crippen LogP contribution >= 0.6 is 0 Å². The third-order valence-electron chi connectivity index (χ3n) is 3.65. The van der Waals surface area contributed by atoms with Gasteiger partial charge in [-0.05, 0) is 17.7 Å². The van der Waals surface area contributed by atoms with Gasteiger partial charge in [0.2, 0.25) is 0 Å². The van der Waals surface area contributed by atoms with Gasteiger partial charge >= 0.3 is 0 Å². The lowest BCUT2D eigenvalue weighted by Crippen LogP contribution is -2.46. The molecule has 0 bridgehead atoms. The topological polar surface area (TPSA) is 46.0 Å². The second kappa shape index (κ2) is 5.50. The molecule has 2 aromatic heterocycles. The third kappa shape index (κ3) is 2.67. The number of nitrogens with one attached hydrogen (secondary N) is 1. The van der Waals surface area contributed by atoms with Gasteiger partial charge < -0.3 is 9.88 Å². The largest absolute Gasteiger partial charge is 0.337 e. The zero-order valence-electron chi connectivity index (χ0n) is 11.2.